The first-order valence-electron chi connectivity index (χ1n) is 5.81. The lowest BCUT2D eigenvalue weighted by atomic mass is 10.1. The minimum Gasteiger partial charge on any atom is -0.494 e. The van der Waals surface area contributed by atoms with Gasteiger partial charge in [-0.15, -0.1) is 11.6 Å². The van der Waals surface area contributed by atoms with Crippen LogP contribution < -0.4 is 10.1 Å². The summed E-state index contributed by atoms with van der Waals surface area (Å²) in [7, 11) is -1.91. The van der Waals surface area contributed by atoms with Crippen LogP contribution in [0.25, 0.3) is 0 Å². The van der Waals surface area contributed by atoms with Crippen LogP contribution in [0, 0.1) is 5.82 Å². The third-order valence-electron chi connectivity index (χ3n) is 3.01. The quantitative estimate of drug-likeness (QED) is 0.842. The number of methoxy groups -OCH3 is 1. The molecule has 5 nitrogen and oxygen atoms in total. The third kappa shape index (κ3) is 3.21. The van der Waals surface area contributed by atoms with E-state index in [-0.39, 0.29) is 22.8 Å². The number of nitrogens with one attached hydrogen (secondary N) is 1. The molecular formula is C12H13ClFNO4S. The van der Waals surface area contributed by atoms with Crippen molar-refractivity contribution in [3.63, 3.8) is 0 Å². The Morgan fingerprint density at radius 3 is 2.65 bits per heavy atom. The van der Waals surface area contributed by atoms with E-state index >= 15 is 0 Å². The molecule has 1 fully saturated rings. The van der Waals surface area contributed by atoms with Gasteiger partial charge in [0.2, 0.25) is 0 Å². The summed E-state index contributed by atoms with van der Waals surface area (Å²) in [6, 6.07) is 3.08. The Kier molecular flexibility index (Phi) is 4.19. The van der Waals surface area contributed by atoms with E-state index in [2.05, 4.69) is 5.32 Å². The van der Waals surface area contributed by atoms with Crippen LogP contribution in [0.15, 0.2) is 18.2 Å². The van der Waals surface area contributed by atoms with Gasteiger partial charge in [-0.1, -0.05) is 0 Å². The monoisotopic (exact) mass is 321 g/mol. The summed E-state index contributed by atoms with van der Waals surface area (Å²) in [4.78, 5) is 11.9. The molecule has 1 saturated heterocycles. The highest BCUT2D eigenvalue weighted by atomic mass is 35.5. The smallest absolute Gasteiger partial charge is 0.251 e. The van der Waals surface area contributed by atoms with Gasteiger partial charge in [0.25, 0.3) is 5.91 Å². The minimum atomic E-state index is -3.23. The van der Waals surface area contributed by atoms with Gasteiger partial charge in [0, 0.05) is 5.56 Å². The van der Waals surface area contributed by atoms with Gasteiger partial charge in [0.15, 0.2) is 21.4 Å². The average Bonchev–Trinajstić information content (AvgIpc) is 2.62. The summed E-state index contributed by atoms with van der Waals surface area (Å²) < 4.78 is 41.0. The highest BCUT2D eigenvalue weighted by molar-refractivity contribution is 7.91. The molecule has 1 heterocycles. The number of rotatable bonds is 3. The molecule has 0 aromatic heterocycles. The van der Waals surface area contributed by atoms with E-state index in [1.165, 1.54) is 19.2 Å². The SMILES string of the molecule is COc1ccc(C(=O)NC2CS(=O)(=O)CC2Cl)cc1F. The van der Waals surface area contributed by atoms with Crippen molar-refractivity contribution in [2.45, 2.75) is 11.4 Å². The molecular weight excluding hydrogens is 309 g/mol. The summed E-state index contributed by atoms with van der Waals surface area (Å²) in [5.41, 5.74) is 0.0801. The Labute approximate surface area is 121 Å². The Bertz CT molecular complexity index is 634. The number of alkyl halides is 1. The molecule has 1 amide bonds. The van der Waals surface area contributed by atoms with Crippen LogP contribution in [-0.4, -0.2) is 44.4 Å². The number of benzene rings is 1. The van der Waals surface area contributed by atoms with Crippen molar-refractivity contribution in [2.75, 3.05) is 18.6 Å². The summed E-state index contributed by atoms with van der Waals surface area (Å²) in [5.74, 6) is -1.58. The number of carbonyl (C=O) groups is 1. The molecule has 2 rings (SSSR count). The fraction of sp³-hybridized carbons (Fsp3) is 0.417. The molecule has 0 spiro atoms. The van der Waals surface area contributed by atoms with Crippen LogP contribution in [0.1, 0.15) is 10.4 Å². The zero-order chi connectivity index (χ0) is 14.9. The van der Waals surface area contributed by atoms with E-state index in [9.17, 15) is 17.6 Å². The summed E-state index contributed by atoms with van der Waals surface area (Å²) in [6.07, 6.45) is 0. The second-order valence-corrected chi connectivity index (χ2v) is 7.24. The van der Waals surface area contributed by atoms with Crippen LogP contribution in [0.2, 0.25) is 0 Å². The normalized spacial score (nSPS) is 24.4. The number of amides is 1. The van der Waals surface area contributed by atoms with Gasteiger partial charge < -0.3 is 10.1 Å². The molecule has 2 atom stereocenters. The molecule has 110 valence electrons. The molecule has 1 aromatic rings. The van der Waals surface area contributed by atoms with Crippen molar-refractivity contribution < 1.29 is 22.3 Å². The van der Waals surface area contributed by atoms with E-state index in [0.29, 0.717) is 0 Å². The summed E-state index contributed by atoms with van der Waals surface area (Å²) >= 11 is 5.89. The third-order valence-corrected chi connectivity index (χ3v) is 5.39. The zero-order valence-corrected chi connectivity index (χ0v) is 12.2. The lowest BCUT2D eigenvalue weighted by Gasteiger charge is -2.14. The fourth-order valence-corrected chi connectivity index (χ4v) is 4.55. The number of sulfone groups is 1. The Morgan fingerprint density at radius 1 is 1.45 bits per heavy atom. The molecule has 0 saturated carbocycles. The Hall–Kier alpha value is -1.34. The molecule has 0 aliphatic carbocycles. The van der Waals surface area contributed by atoms with Gasteiger partial charge in [0.05, 0.1) is 30.0 Å². The zero-order valence-electron chi connectivity index (χ0n) is 10.6. The van der Waals surface area contributed by atoms with Crippen molar-refractivity contribution in [1.82, 2.24) is 5.32 Å². The lowest BCUT2D eigenvalue weighted by Crippen LogP contribution is -2.40. The molecule has 2 unspecified atom stereocenters. The van der Waals surface area contributed by atoms with Gasteiger partial charge in [-0.05, 0) is 18.2 Å². The highest BCUT2D eigenvalue weighted by Gasteiger charge is 2.37. The molecule has 1 aliphatic heterocycles. The van der Waals surface area contributed by atoms with Crippen molar-refractivity contribution in [1.29, 1.82) is 0 Å². The number of halogens is 2. The first kappa shape index (κ1) is 15.1. The maximum absolute atomic E-state index is 13.5. The predicted octanol–water partition coefficient (Wildman–Crippen LogP) is 0.969. The van der Waals surface area contributed by atoms with Gasteiger partial charge >= 0.3 is 0 Å². The maximum atomic E-state index is 13.5. The molecule has 8 heteroatoms. The number of carbonyl (C=O) groups excluding carboxylic acids is 1. The first-order chi connectivity index (χ1) is 9.32. The van der Waals surface area contributed by atoms with Crippen LogP contribution in [0.3, 0.4) is 0 Å². The Morgan fingerprint density at radius 2 is 2.15 bits per heavy atom. The summed E-state index contributed by atoms with van der Waals surface area (Å²) in [5, 5.41) is 1.83. The molecule has 20 heavy (non-hydrogen) atoms. The standard InChI is InChI=1S/C12H13ClFNO4S/c1-19-11-3-2-7(4-9(11)14)12(16)15-10-6-20(17,18)5-8(10)13/h2-4,8,10H,5-6H2,1H3,(H,15,16). The van der Waals surface area contributed by atoms with Crippen LogP contribution >= 0.6 is 11.6 Å². The fourth-order valence-electron chi connectivity index (χ4n) is 2.00. The predicted molar refractivity (Wildman–Crippen MR) is 72.5 cm³/mol. The second-order valence-electron chi connectivity index (χ2n) is 4.52. The topological polar surface area (TPSA) is 72.5 Å². The molecule has 1 aliphatic rings. The van der Waals surface area contributed by atoms with Gasteiger partial charge in [0.1, 0.15) is 0 Å². The number of ether oxygens (including phenoxy) is 1. The lowest BCUT2D eigenvalue weighted by molar-refractivity contribution is 0.0941. The molecule has 1 N–H and O–H groups in total. The molecule has 0 bridgehead atoms. The van der Waals surface area contributed by atoms with Gasteiger partial charge in [-0.25, -0.2) is 12.8 Å². The van der Waals surface area contributed by atoms with E-state index < -0.39 is 33.0 Å². The largest absolute Gasteiger partial charge is 0.494 e. The van der Waals surface area contributed by atoms with Gasteiger partial charge in [-0.3, -0.25) is 4.79 Å². The molecule has 0 radical (unpaired) electrons. The second kappa shape index (κ2) is 5.57. The molecule has 1 aromatic carbocycles. The average molecular weight is 322 g/mol. The maximum Gasteiger partial charge on any atom is 0.251 e. The van der Waals surface area contributed by atoms with E-state index in [1.54, 1.807) is 0 Å². The van der Waals surface area contributed by atoms with Crippen LogP contribution in [-0.2, 0) is 9.84 Å². The minimum absolute atomic E-state index is 0.0280. The van der Waals surface area contributed by atoms with Gasteiger partial charge in [-0.2, -0.15) is 0 Å². The van der Waals surface area contributed by atoms with Crippen molar-refractivity contribution in [3.05, 3.63) is 29.6 Å². The van der Waals surface area contributed by atoms with E-state index in [0.717, 1.165) is 6.07 Å². The first-order valence-corrected chi connectivity index (χ1v) is 8.07. The van der Waals surface area contributed by atoms with Crippen molar-refractivity contribution in [2.24, 2.45) is 0 Å². The van der Waals surface area contributed by atoms with Crippen molar-refractivity contribution >= 4 is 27.3 Å². The Balaban J connectivity index is 2.11. The number of hydrogen-bond acceptors (Lipinski definition) is 4. The van der Waals surface area contributed by atoms with E-state index in [1.807, 2.05) is 0 Å². The summed E-state index contributed by atoms with van der Waals surface area (Å²) in [6.45, 7) is 0. The van der Waals surface area contributed by atoms with E-state index in [4.69, 9.17) is 16.3 Å². The van der Waals surface area contributed by atoms with Crippen LogP contribution in [0.5, 0.6) is 5.75 Å². The van der Waals surface area contributed by atoms with Crippen LogP contribution in [0.4, 0.5) is 4.39 Å². The highest BCUT2D eigenvalue weighted by Crippen LogP contribution is 2.20. The number of hydrogen-bond donors (Lipinski definition) is 1. The van der Waals surface area contributed by atoms with Crippen molar-refractivity contribution in [3.8, 4) is 5.75 Å².